The van der Waals surface area contributed by atoms with Gasteiger partial charge >= 0.3 is 0 Å². The average molecular weight is 381 g/mol. The largest absolute Gasteiger partial charge is 0.370 e. The predicted octanol–water partition coefficient (Wildman–Crippen LogP) is 3.27. The minimum absolute atomic E-state index is 0.00574. The molecule has 1 aliphatic heterocycles. The number of carbonyl (C=O) groups excluding carboxylic acids is 2. The molecule has 2 aromatic rings. The number of nitrogens with one attached hydrogen (secondary N) is 1. The summed E-state index contributed by atoms with van der Waals surface area (Å²) in [6.07, 6.45) is 2.24. The molecule has 2 aromatic carbocycles. The third-order valence-corrected chi connectivity index (χ3v) is 5.83. The Morgan fingerprint density at radius 1 is 1.04 bits per heavy atom. The first-order chi connectivity index (χ1) is 13.5. The number of benzene rings is 2. The van der Waals surface area contributed by atoms with E-state index in [2.05, 4.69) is 10.2 Å². The van der Waals surface area contributed by atoms with Crippen molar-refractivity contribution in [3.8, 4) is 0 Å². The Kier molecular flexibility index (Phi) is 5.03. The van der Waals surface area contributed by atoms with Gasteiger partial charge < -0.3 is 16.0 Å². The summed E-state index contributed by atoms with van der Waals surface area (Å²) >= 11 is 0. The lowest BCUT2D eigenvalue weighted by molar-refractivity contribution is -0.122. The van der Waals surface area contributed by atoms with Crippen molar-refractivity contribution in [1.29, 1.82) is 0 Å². The van der Waals surface area contributed by atoms with Crippen molar-refractivity contribution < 1.29 is 14.0 Å². The molecule has 1 saturated carbocycles. The normalized spacial score (nSPS) is 22.0. The number of carbonyl (C=O) groups is 2. The zero-order valence-corrected chi connectivity index (χ0v) is 15.6. The third kappa shape index (κ3) is 3.86. The van der Waals surface area contributed by atoms with Gasteiger partial charge in [-0.05, 0) is 55.0 Å². The maximum atomic E-state index is 13.1. The quantitative estimate of drug-likeness (QED) is 0.835. The van der Waals surface area contributed by atoms with Crippen molar-refractivity contribution in [2.45, 2.75) is 25.2 Å². The van der Waals surface area contributed by atoms with E-state index in [4.69, 9.17) is 5.73 Å². The number of primary amides is 1. The van der Waals surface area contributed by atoms with Crippen LogP contribution < -0.4 is 16.0 Å². The highest BCUT2D eigenvalue weighted by molar-refractivity contribution is 5.98. The molecule has 0 aromatic heterocycles. The van der Waals surface area contributed by atoms with Gasteiger partial charge in [0.15, 0.2) is 0 Å². The van der Waals surface area contributed by atoms with Crippen LogP contribution in [-0.2, 0) is 9.59 Å². The Bertz CT molecular complexity index is 876. The molecule has 0 radical (unpaired) electrons. The van der Waals surface area contributed by atoms with Gasteiger partial charge in [0.2, 0.25) is 11.8 Å². The fourth-order valence-corrected chi connectivity index (χ4v) is 4.05. The van der Waals surface area contributed by atoms with Crippen LogP contribution in [0.2, 0.25) is 0 Å². The number of hydrogen-bond acceptors (Lipinski definition) is 3. The van der Waals surface area contributed by atoms with Gasteiger partial charge in [-0.2, -0.15) is 0 Å². The van der Waals surface area contributed by atoms with Crippen molar-refractivity contribution in [2.24, 2.45) is 17.6 Å². The van der Waals surface area contributed by atoms with Gasteiger partial charge in [-0.1, -0.05) is 24.3 Å². The Morgan fingerprint density at radius 3 is 2.39 bits per heavy atom. The lowest BCUT2D eigenvalue weighted by Gasteiger charge is -2.33. The van der Waals surface area contributed by atoms with Crippen molar-refractivity contribution in [1.82, 2.24) is 0 Å². The molecule has 2 aliphatic rings. The Morgan fingerprint density at radius 2 is 1.71 bits per heavy atom. The van der Waals surface area contributed by atoms with Gasteiger partial charge in [0.1, 0.15) is 5.82 Å². The molecule has 1 saturated heterocycles. The fraction of sp³-hybridized carbons (Fsp3) is 0.364. The molecule has 0 bridgehead atoms. The van der Waals surface area contributed by atoms with Crippen LogP contribution in [0.1, 0.15) is 30.7 Å². The highest BCUT2D eigenvalue weighted by Gasteiger charge is 2.44. The zero-order valence-electron chi connectivity index (χ0n) is 15.6. The van der Waals surface area contributed by atoms with Gasteiger partial charge in [-0.3, -0.25) is 9.59 Å². The first kappa shape index (κ1) is 18.5. The molecule has 146 valence electrons. The summed E-state index contributed by atoms with van der Waals surface area (Å²) in [5.74, 6) is -0.505. The third-order valence-electron chi connectivity index (χ3n) is 5.83. The van der Waals surface area contributed by atoms with Crippen molar-refractivity contribution in [3.63, 3.8) is 0 Å². The summed E-state index contributed by atoms with van der Waals surface area (Å²) in [4.78, 5) is 26.3. The second kappa shape index (κ2) is 7.62. The SMILES string of the molecule is NC(=O)C1CCN(c2ccccc2NC(=O)C2CC2c2ccc(F)cc2)CC1. The molecule has 1 aliphatic carbocycles. The summed E-state index contributed by atoms with van der Waals surface area (Å²) in [7, 11) is 0. The van der Waals surface area contributed by atoms with Gasteiger partial charge in [0.05, 0.1) is 11.4 Å². The molecule has 2 amide bonds. The minimum atomic E-state index is -0.264. The second-order valence-corrected chi connectivity index (χ2v) is 7.67. The first-order valence-electron chi connectivity index (χ1n) is 9.72. The van der Waals surface area contributed by atoms with E-state index < -0.39 is 0 Å². The summed E-state index contributed by atoms with van der Waals surface area (Å²) < 4.78 is 13.1. The van der Waals surface area contributed by atoms with Gasteiger partial charge in [0.25, 0.3) is 0 Å². The van der Waals surface area contributed by atoms with Crippen LogP contribution >= 0.6 is 0 Å². The number of piperidine rings is 1. The average Bonchev–Trinajstić information content (AvgIpc) is 3.50. The van der Waals surface area contributed by atoms with Crippen LogP contribution in [0.4, 0.5) is 15.8 Å². The first-order valence-corrected chi connectivity index (χ1v) is 9.72. The highest BCUT2D eigenvalue weighted by Crippen LogP contribution is 2.48. The number of hydrogen-bond donors (Lipinski definition) is 2. The van der Waals surface area contributed by atoms with E-state index in [-0.39, 0.29) is 35.4 Å². The summed E-state index contributed by atoms with van der Waals surface area (Å²) in [6.45, 7) is 1.48. The lowest BCUT2D eigenvalue weighted by atomic mass is 9.96. The van der Waals surface area contributed by atoms with E-state index in [0.717, 1.165) is 49.3 Å². The van der Waals surface area contributed by atoms with Crippen LogP contribution in [0, 0.1) is 17.7 Å². The highest BCUT2D eigenvalue weighted by atomic mass is 19.1. The van der Waals surface area contributed by atoms with E-state index in [9.17, 15) is 14.0 Å². The van der Waals surface area contributed by atoms with E-state index in [1.165, 1.54) is 12.1 Å². The summed E-state index contributed by atoms with van der Waals surface area (Å²) in [5, 5.41) is 3.07. The molecule has 2 fully saturated rings. The van der Waals surface area contributed by atoms with Crippen molar-refractivity contribution in [3.05, 3.63) is 59.9 Å². The van der Waals surface area contributed by atoms with Crippen LogP contribution in [0.3, 0.4) is 0 Å². The van der Waals surface area contributed by atoms with Crippen LogP contribution in [0.5, 0.6) is 0 Å². The molecule has 2 atom stereocenters. The minimum Gasteiger partial charge on any atom is -0.370 e. The van der Waals surface area contributed by atoms with E-state index >= 15 is 0 Å². The van der Waals surface area contributed by atoms with Crippen molar-refractivity contribution >= 4 is 23.2 Å². The molecule has 2 unspecified atom stereocenters. The number of nitrogens with two attached hydrogens (primary N) is 1. The molecule has 6 heteroatoms. The monoisotopic (exact) mass is 381 g/mol. The lowest BCUT2D eigenvalue weighted by Crippen LogP contribution is -2.38. The number of anilines is 2. The predicted molar refractivity (Wildman–Crippen MR) is 106 cm³/mol. The van der Waals surface area contributed by atoms with Crippen LogP contribution in [0.15, 0.2) is 48.5 Å². The Balaban J connectivity index is 1.41. The van der Waals surface area contributed by atoms with Gasteiger partial charge in [-0.25, -0.2) is 4.39 Å². The molecule has 0 spiro atoms. The van der Waals surface area contributed by atoms with E-state index in [0.29, 0.717) is 0 Å². The zero-order chi connectivity index (χ0) is 19.7. The number of halogens is 1. The Labute approximate surface area is 163 Å². The number of nitrogens with zero attached hydrogens (tertiary/aromatic N) is 1. The van der Waals surface area contributed by atoms with Gasteiger partial charge in [-0.15, -0.1) is 0 Å². The van der Waals surface area contributed by atoms with Crippen LogP contribution in [0.25, 0.3) is 0 Å². The number of para-hydroxylation sites is 2. The Hall–Kier alpha value is -2.89. The fourth-order valence-electron chi connectivity index (χ4n) is 4.05. The smallest absolute Gasteiger partial charge is 0.228 e. The molecule has 5 nitrogen and oxygen atoms in total. The summed E-state index contributed by atoms with van der Waals surface area (Å²) in [5.41, 5.74) is 8.18. The molecule has 3 N–H and O–H groups in total. The van der Waals surface area contributed by atoms with E-state index in [1.54, 1.807) is 12.1 Å². The number of rotatable bonds is 5. The van der Waals surface area contributed by atoms with Crippen LogP contribution in [-0.4, -0.2) is 24.9 Å². The molecule has 1 heterocycles. The maximum absolute atomic E-state index is 13.1. The summed E-state index contributed by atoms with van der Waals surface area (Å²) in [6, 6.07) is 14.1. The maximum Gasteiger partial charge on any atom is 0.228 e. The molecule has 4 rings (SSSR count). The molecular formula is C22H24FN3O2. The standard InChI is InChI=1S/C22H24FN3O2/c23-16-7-5-14(6-8-16)17-13-18(17)22(28)25-19-3-1-2-4-20(19)26-11-9-15(10-12-26)21(24)27/h1-8,15,17-18H,9-13H2,(H2,24,27)(H,25,28). The van der Waals surface area contributed by atoms with Crippen molar-refractivity contribution in [2.75, 3.05) is 23.3 Å². The second-order valence-electron chi connectivity index (χ2n) is 7.67. The number of amides is 2. The molecule has 28 heavy (non-hydrogen) atoms. The topological polar surface area (TPSA) is 75.4 Å². The van der Waals surface area contributed by atoms with E-state index in [1.807, 2.05) is 24.3 Å². The molecular weight excluding hydrogens is 357 g/mol. The van der Waals surface area contributed by atoms with Gasteiger partial charge in [0, 0.05) is 24.9 Å².